The Morgan fingerprint density at radius 3 is 3.00 bits per heavy atom. The van der Waals surface area contributed by atoms with E-state index in [1.54, 1.807) is 19.1 Å². The third-order valence-electron chi connectivity index (χ3n) is 2.96. The third kappa shape index (κ3) is 4.12. The van der Waals surface area contributed by atoms with Gasteiger partial charge in [0.15, 0.2) is 0 Å². The summed E-state index contributed by atoms with van der Waals surface area (Å²) in [4.78, 5) is 28.1. The first-order valence-electron chi connectivity index (χ1n) is 6.57. The molecule has 1 amide bonds. The molecule has 0 aliphatic rings. The Labute approximate surface area is 129 Å². The molecule has 0 saturated carbocycles. The van der Waals surface area contributed by atoms with Gasteiger partial charge in [0.25, 0.3) is 5.56 Å². The SMILES string of the molecule is CC(O)CNC(=O)CCn1cnc2ccc(Br)cc2c1=O. The first kappa shape index (κ1) is 15.7. The standard InChI is InChI=1S/C14H16BrN3O3/c1-9(19)7-16-13(20)4-5-18-8-17-12-3-2-10(15)6-11(12)14(18)21/h2-3,6,8-9,19H,4-5,7H2,1H3,(H,16,20). The van der Waals surface area contributed by atoms with Gasteiger partial charge in [0, 0.05) is 24.0 Å². The highest BCUT2D eigenvalue weighted by atomic mass is 79.9. The quantitative estimate of drug-likeness (QED) is 0.841. The molecule has 0 saturated heterocycles. The molecule has 1 aromatic heterocycles. The highest BCUT2D eigenvalue weighted by molar-refractivity contribution is 9.10. The van der Waals surface area contributed by atoms with Crippen molar-refractivity contribution in [1.82, 2.24) is 14.9 Å². The number of benzene rings is 1. The number of fused-ring (bicyclic) bond motifs is 1. The Morgan fingerprint density at radius 1 is 1.52 bits per heavy atom. The predicted octanol–water partition coefficient (Wildman–Crippen LogP) is 1.05. The number of aliphatic hydroxyl groups is 1. The molecule has 21 heavy (non-hydrogen) atoms. The number of amides is 1. The molecule has 1 atom stereocenters. The zero-order valence-electron chi connectivity index (χ0n) is 11.5. The van der Waals surface area contributed by atoms with E-state index in [9.17, 15) is 9.59 Å². The van der Waals surface area contributed by atoms with E-state index in [1.165, 1.54) is 10.9 Å². The largest absolute Gasteiger partial charge is 0.392 e. The number of carbonyl (C=O) groups is 1. The van der Waals surface area contributed by atoms with Crippen LogP contribution in [0.1, 0.15) is 13.3 Å². The van der Waals surface area contributed by atoms with E-state index in [0.717, 1.165) is 4.47 Å². The number of aliphatic hydroxyl groups excluding tert-OH is 1. The summed E-state index contributed by atoms with van der Waals surface area (Å²) in [6.45, 7) is 2.05. The fraction of sp³-hybridized carbons (Fsp3) is 0.357. The summed E-state index contributed by atoms with van der Waals surface area (Å²) in [5.74, 6) is -0.211. The van der Waals surface area contributed by atoms with Gasteiger partial charge in [0.1, 0.15) is 0 Å². The maximum atomic E-state index is 12.3. The lowest BCUT2D eigenvalue weighted by molar-refractivity contribution is -0.121. The van der Waals surface area contributed by atoms with Crippen molar-refractivity contribution >= 4 is 32.7 Å². The number of aryl methyl sites for hydroxylation is 1. The van der Waals surface area contributed by atoms with E-state index in [0.29, 0.717) is 10.9 Å². The summed E-state index contributed by atoms with van der Waals surface area (Å²) in [7, 11) is 0. The number of carbonyl (C=O) groups excluding carboxylic acids is 1. The topological polar surface area (TPSA) is 84.2 Å². The fourth-order valence-electron chi connectivity index (χ4n) is 1.86. The summed E-state index contributed by atoms with van der Waals surface area (Å²) < 4.78 is 2.22. The molecular weight excluding hydrogens is 338 g/mol. The van der Waals surface area contributed by atoms with E-state index in [4.69, 9.17) is 5.11 Å². The fourth-order valence-corrected chi connectivity index (χ4v) is 2.22. The van der Waals surface area contributed by atoms with E-state index in [2.05, 4.69) is 26.2 Å². The van der Waals surface area contributed by atoms with Crippen molar-refractivity contribution in [2.75, 3.05) is 6.54 Å². The summed E-state index contributed by atoms with van der Waals surface area (Å²) in [5.41, 5.74) is 0.447. The van der Waals surface area contributed by atoms with E-state index < -0.39 is 6.10 Å². The van der Waals surface area contributed by atoms with Crippen LogP contribution in [0.4, 0.5) is 0 Å². The van der Waals surface area contributed by atoms with Crippen LogP contribution in [0.3, 0.4) is 0 Å². The molecule has 1 unspecified atom stereocenters. The van der Waals surface area contributed by atoms with Crippen molar-refractivity contribution in [1.29, 1.82) is 0 Å². The van der Waals surface area contributed by atoms with Crippen LogP contribution in [0.5, 0.6) is 0 Å². The van der Waals surface area contributed by atoms with Crippen molar-refractivity contribution in [3.8, 4) is 0 Å². The lowest BCUT2D eigenvalue weighted by Crippen LogP contribution is -2.32. The van der Waals surface area contributed by atoms with Crippen LogP contribution < -0.4 is 10.9 Å². The van der Waals surface area contributed by atoms with Crippen LogP contribution in [0.25, 0.3) is 10.9 Å². The van der Waals surface area contributed by atoms with Gasteiger partial charge in [-0.05, 0) is 25.1 Å². The number of aromatic nitrogens is 2. The maximum Gasteiger partial charge on any atom is 0.261 e. The summed E-state index contributed by atoms with van der Waals surface area (Å²) >= 11 is 3.32. The number of nitrogens with zero attached hydrogens (tertiary/aromatic N) is 2. The van der Waals surface area contributed by atoms with Crippen LogP contribution in [0.2, 0.25) is 0 Å². The molecule has 6 nitrogen and oxygen atoms in total. The smallest absolute Gasteiger partial charge is 0.261 e. The van der Waals surface area contributed by atoms with Gasteiger partial charge in [-0.3, -0.25) is 14.2 Å². The van der Waals surface area contributed by atoms with Gasteiger partial charge in [0.05, 0.1) is 23.3 Å². The molecule has 1 aromatic carbocycles. The Balaban J connectivity index is 2.11. The maximum absolute atomic E-state index is 12.3. The molecule has 0 aliphatic carbocycles. The lowest BCUT2D eigenvalue weighted by atomic mass is 10.2. The third-order valence-corrected chi connectivity index (χ3v) is 3.45. The van der Waals surface area contributed by atoms with Gasteiger partial charge in [-0.1, -0.05) is 15.9 Å². The zero-order chi connectivity index (χ0) is 15.4. The van der Waals surface area contributed by atoms with Crippen LogP contribution in [0.15, 0.2) is 33.8 Å². The lowest BCUT2D eigenvalue weighted by Gasteiger charge is -2.09. The molecule has 0 bridgehead atoms. The van der Waals surface area contributed by atoms with Crippen LogP contribution in [0, 0.1) is 0 Å². The average Bonchev–Trinajstić information content (AvgIpc) is 2.45. The van der Waals surface area contributed by atoms with Crippen LogP contribution in [-0.4, -0.2) is 33.2 Å². The number of hydrogen-bond acceptors (Lipinski definition) is 4. The second kappa shape index (κ2) is 6.82. The second-order valence-corrected chi connectivity index (χ2v) is 5.72. The van der Waals surface area contributed by atoms with Crippen molar-refractivity contribution in [3.05, 3.63) is 39.4 Å². The molecule has 112 valence electrons. The van der Waals surface area contributed by atoms with Crippen molar-refractivity contribution in [3.63, 3.8) is 0 Å². The van der Waals surface area contributed by atoms with E-state index in [1.807, 2.05) is 6.07 Å². The van der Waals surface area contributed by atoms with Gasteiger partial charge in [-0.15, -0.1) is 0 Å². The average molecular weight is 354 g/mol. The molecule has 0 fully saturated rings. The minimum Gasteiger partial charge on any atom is -0.392 e. The number of hydrogen-bond donors (Lipinski definition) is 2. The van der Waals surface area contributed by atoms with Gasteiger partial charge in [-0.2, -0.15) is 0 Å². The molecule has 0 radical (unpaired) electrons. The molecule has 0 aliphatic heterocycles. The summed E-state index contributed by atoms with van der Waals surface area (Å²) in [6.07, 6.45) is 1.02. The van der Waals surface area contributed by atoms with Crippen molar-refractivity contribution < 1.29 is 9.90 Å². The van der Waals surface area contributed by atoms with Gasteiger partial charge >= 0.3 is 0 Å². The first-order valence-corrected chi connectivity index (χ1v) is 7.36. The van der Waals surface area contributed by atoms with Crippen molar-refractivity contribution in [2.24, 2.45) is 0 Å². The zero-order valence-corrected chi connectivity index (χ0v) is 13.1. The number of rotatable bonds is 5. The Bertz CT molecular complexity index is 712. The predicted molar refractivity (Wildman–Crippen MR) is 83.0 cm³/mol. The summed E-state index contributed by atoms with van der Waals surface area (Å²) in [6, 6.07) is 5.30. The van der Waals surface area contributed by atoms with E-state index in [-0.39, 0.29) is 31.0 Å². The Hall–Kier alpha value is -1.73. The Kier molecular flexibility index (Phi) is 5.08. The Morgan fingerprint density at radius 2 is 2.29 bits per heavy atom. The normalized spacial score (nSPS) is 12.3. The highest BCUT2D eigenvalue weighted by Crippen LogP contribution is 2.14. The van der Waals surface area contributed by atoms with E-state index >= 15 is 0 Å². The molecule has 0 spiro atoms. The van der Waals surface area contributed by atoms with Gasteiger partial charge < -0.3 is 10.4 Å². The van der Waals surface area contributed by atoms with Crippen LogP contribution in [-0.2, 0) is 11.3 Å². The minimum atomic E-state index is -0.587. The van der Waals surface area contributed by atoms with Crippen LogP contribution >= 0.6 is 15.9 Å². The molecule has 2 aromatic rings. The summed E-state index contributed by atoms with van der Waals surface area (Å²) in [5, 5.41) is 12.2. The molecule has 7 heteroatoms. The molecule has 2 rings (SSSR count). The molecule has 1 heterocycles. The highest BCUT2D eigenvalue weighted by Gasteiger charge is 2.07. The van der Waals surface area contributed by atoms with Gasteiger partial charge in [0.2, 0.25) is 5.91 Å². The minimum absolute atomic E-state index is 0.161. The molecular formula is C14H16BrN3O3. The van der Waals surface area contributed by atoms with Gasteiger partial charge in [-0.25, -0.2) is 4.98 Å². The first-order chi connectivity index (χ1) is 9.97. The number of halogens is 1. The number of nitrogens with one attached hydrogen (secondary N) is 1. The van der Waals surface area contributed by atoms with Crippen molar-refractivity contribution in [2.45, 2.75) is 26.0 Å². The second-order valence-electron chi connectivity index (χ2n) is 4.81. The monoisotopic (exact) mass is 353 g/mol. The molecule has 2 N–H and O–H groups in total.